The lowest BCUT2D eigenvalue weighted by Gasteiger charge is -2.31. The first-order valence-corrected chi connectivity index (χ1v) is 16.2. The van der Waals surface area contributed by atoms with Gasteiger partial charge < -0.3 is 5.32 Å². The van der Waals surface area contributed by atoms with E-state index in [-0.39, 0.29) is 33.1 Å². The van der Waals surface area contributed by atoms with Gasteiger partial charge in [0.2, 0.25) is 15.9 Å². The maximum Gasteiger partial charge on any atom is 0.261 e. The van der Waals surface area contributed by atoms with Crippen molar-refractivity contribution in [2.45, 2.75) is 30.4 Å². The quantitative estimate of drug-likeness (QED) is 0.320. The maximum atomic E-state index is 13.1. The number of halogens is 3. The van der Waals surface area contributed by atoms with Gasteiger partial charge in [-0.25, -0.2) is 21.1 Å². The van der Waals surface area contributed by atoms with Crippen LogP contribution in [0.15, 0.2) is 65.6 Å². The molecule has 208 valence electrons. The van der Waals surface area contributed by atoms with Gasteiger partial charge in [-0.3, -0.25) is 9.52 Å². The number of benzene rings is 3. The van der Waals surface area contributed by atoms with Crippen molar-refractivity contribution in [1.82, 2.24) is 4.31 Å². The van der Waals surface area contributed by atoms with E-state index in [1.807, 2.05) is 0 Å². The molecule has 1 amide bonds. The molecule has 1 aliphatic rings. The summed E-state index contributed by atoms with van der Waals surface area (Å²) in [6.45, 7) is 2.02. The SMILES string of the molecule is Cc1c(Cl)cccc1NS(=O)(=O)c1ccc(NC(=O)[C@H]2CCCN(S(=O)(=O)Cc3c(Cl)cccc3Cl)C2)cc1. The zero-order valence-electron chi connectivity index (χ0n) is 20.8. The summed E-state index contributed by atoms with van der Waals surface area (Å²) in [5.41, 5.74) is 1.68. The molecular weight excluding hydrogens is 605 g/mol. The third-order valence-electron chi connectivity index (χ3n) is 6.48. The van der Waals surface area contributed by atoms with Crippen LogP contribution in [0, 0.1) is 12.8 Å². The minimum absolute atomic E-state index is 0.00745. The molecule has 0 unspecified atom stereocenters. The van der Waals surface area contributed by atoms with Crippen LogP contribution < -0.4 is 10.0 Å². The number of sulfonamides is 2. The number of carbonyl (C=O) groups excluding carboxylic acids is 1. The smallest absolute Gasteiger partial charge is 0.261 e. The highest BCUT2D eigenvalue weighted by Gasteiger charge is 2.33. The van der Waals surface area contributed by atoms with Crippen molar-refractivity contribution < 1.29 is 21.6 Å². The summed E-state index contributed by atoms with van der Waals surface area (Å²) in [6, 6.07) is 15.4. The van der Waals surface area contributed by atoms with E-state index < -0.39 is 26.0 Å². The predicted octanol–water partition coefficient (Wildman–Crippen LogP) is 5.94. The molecule has 1 heterocycles. The number of amides is 1. The Morgan fingerprint density at radius 3 is 2.21 bits per heavy atom. The first-order chi connectivity index (χ1) is 18.4. The van der Waals surface area contributed by atoms with Gasteiger partial charge in [0.15, 0.2) is 0 Å². The molecule has 1 saturated heterocycles. The van der Waals surface area contributed by atoms with Gasteiger partial charge in [-0.2, -0.15) is 0 Å². The molecule has 8 nitrogen and oxygen atoms in total. The van der Waals surface area contributed by atoms with Crippen molar-refractivity contribution in [3.05, 3.63) is 86.9 Å². The van der Waals surface area contributed by atoms with E-state index in [4.69, 9.17) is 34.8 Å². The first-order valence-electron chi connectivity index (χ1n) is 12.0. The fourth-order valence-corrected chi connectivity index (χ4v) is 7.90. The molecule has 4 rings (SSSR count). The van der Waals surface area contributed by atoms with E-state index in [1.54, 1.807) is 43.3 Å². The average molecular weight is 631 g/mol. The van der Waals surface area contributed by atoms with Crippen molar-refractivity contribution in [3.63, 3.8) is 0 Å². The Balaban J connectivity index is 1.41. The largest absolute Gasteiger partial charge is 0.326 e. The summed E-state index contributed by atoms with van der Waals surface area (Å²) in [6.07, 6.45) is 1.03. The molecule has 2 N–H and O–H groups in total. The fourth-order valence-electron chi connectivity index (χ4n) is 4.24. The van der Waals surface area contributed by atoms with Gasteiger partial charge in [0.1, 0.15) is 0 Å². The van der Waals surface area contributed by atoms with Crippen molar-refractivity contribution in [3.8, 4) is 0 Å². The van der Waals surface area contributed by atoms with Crippen LogP contribution in [0.5, 0.6) is 0 Å². The van der Waals surface area contributed by atoms with Crippen molar-refractivity contribution in [2.75, 3.05) is 23.1 Å². The third kappa shape index (κ3) is 7.06. The molecule has 1 atom stereocenters. The second-order valence-corrected chi connectivity index (χ2v) is 14.1. The fraction of sp³-hybridized carbons (Fsp3) is 0.269. The number of rotatable bonds is 8. The second kappa shape index (κ2) is 12.0. The molecule has 0 aromatic heterocycles. The van der Waals surface area contributed by atoms with Crippen LogP contribution in [0.3, 0.4) is 0 Å². The number of carbonyl (C=O) groups is 1. The molecule has 0 bridgehead atoms. The lowest BCUT2D eigenvalue weighted by molar-refractivity contribution is -0.120. The summed E-state index contributed by atoms with van der Waals surface area (Å²) in [4.78, 5) is 13.0. The van der Waals surface area contributed by atoms with Crippen LogP contribution in [-0.2, 0) is 30.6 Å². The van der Waals surface area contributed by atoms with Gasteiger partial charge in [0.05, 0.1) is 22.3 Å². The lowest BCUT2D eigenvalue weighted by Crippen LogP contribution is -2.44. The lowest BCUT2D eigenvalue weighted by atomic mass is 9.99. The predicted molar refractivity (Wildman–Crippen MR) is 155 cm³/mol. The maximum absolute atomic E-state index is 13.1. The van der Waals surface area contributed by atoms with Gasteiger partial charge >= 0.3 is 0 Å². The number of nitrogens with one attached hydrogen (secondary N) is 2. The molecule has 3 aromatic carbocycles. The molecule has 0 aliphatic carbocycles. The van der Waals surface area contributed by atoms with Crippen LogP contribution in [0.25, 0.3) is 0 Å². The number of piperidine rings is 1. The molecule has 0 spiro atoms. The van der Waals surface area contributed by atoms with Crippen molar-refractivity contribution in [1.29, 1.82) is 0 Å². The van der Waals surface area contributed by atoms with Gasteiger partial charge in [-0.15, -0.1) is 0 Å². The molecular formula is C26H26Cl3N3O5S2. The molecule has 0 saturated carbocycles. The Bertz CT molecular complexity index is 1580. The summed E-state index contributed by atoms with van der Waals surface area (Å²) < 4.78 is 55.7. The van der Waals surface area contributed by atoms with Gasteiger partial charge in [-0.05, 0) is 73.9 Å². The topological polar surface area (TPSA) is 113 Å². The van der Waals surface area contributed by atoms with Gasteiger partial charge in [-0.1, -0.05) is 46.9 Å². The highest BCUT2D eigenvalue weighted by atomic mass is 35.5. The standard InChI is InChI=1S/C26H26Cl3N3O5S2/c1-17-22(27)6-3-9-25(17)31-39(36,37)20-12-10-19(11-13-20)30-26(33)18-5-4-14-32(15-18)38(34,35)16-21-23(28)7-2-8-24(21)29/h2-3,6-13,18,31H,4-5,14-16H2,1H3,(H,30,33)/t18-/m0/s1. The van der Waals surface area contributed by atoms with Crippen LogP contribution in [-0.4, -0.2) is 40.1 Å². The van der Waals surface area contributed by atoms with Crippen LogP contribution in [0.1, 0.15) is 24.0 Å². The zero-order valence-corrected chi connectivity index (χ0v) is 24.7. The van der Waals surface area contributed by atoms with E-state index in [0.29, 0.717) is 46.9 Å². The van der Waals surface area contributed by atoms with Crippen LogP contribution in [0.4, 0.5) is 11.4 Å². The summed E-state index contributed by atoms with van der Waals surface area (Å²) in [7, 11) is -7.66. The first kappa shape index (κ1) is 29.6. The van der Waals surface area contributed by atoms with E-state index in [0.717, 1.165) is 0 Å². The van der Waals surface area contributed by atoms with E-state index in [9.17, 15) is 21.6 Å². The molecule has 1 aliphatic heterocycles. The van der Waals surface area contributed by atoms with Gasteiger partial charge in [0, 0.05) is 39.4 Å². The summed E-state index contributed by atoms with van der Waals surface area (Å²) in [5, 5.41) is 3.73. The zero-order chi connectivity index (χ0) is 28.4. The molecule has 3 aromatic rings. The Labute approximate surface area is 243 Å². The number of hydrogen-bond acceptors (Lipinski definition) is 5. The van der Waals surface area contributed by atoms with E-state index in [1.165, 1.54) is 28.6 Å². The average Bonchev–Trinajstić information content (AvgIpc) is 2.89. The molecule has 0 radical (unpaired) electrons. The highest BCUT2D eigenvalue weighted by molar-refractivity contribution is 7.92. The van der Waals surface area contributed by atoms with Crippen LogP contribution in [0.2, 0.25) is 15.1 Å². The Morgan fingerprint density at radius 2 is 1.54 bits per heavy atom. The number of anilines is 2. The summed E-state index contributed by atoms with van der Waals surface area (Å²) in [5.74, 6) is -1.29. The van der Waals surface area contributed by atoms with Crippen molar-refractivity contribution >= 4 is 72.1 Å². The monoisotopic (exact) mass is 629 g/mol. The van der Waals surface area contributed by atoms with Gasteiger partial charge in [0.25, 0.3) is 10.0 Å². The number of nitrogens with zero attached hydrogens (tertiary/aromatic N) is 1. The Morgan fingerprint density at radius 1 is 0.923 bits per heavy atom. The van der Waals surface area contributed by atoms with E-state index >= 15 is 0 Å². The second-order valence-electron chi connectivity index (χ2n) is 9.19. The molecule has 39 heavy (non-hydrogen) atoms. The van der Waals surface area contributed by atoms with Crippen LogP contribution >= 0.6 is 34.8 Å². The highest BCUT2D eigenvalue weighted by Crippen LogP contribution is 2.30. The number of hydrogen-bond donors (Lipinski definition) is 2. The minimum Gasteiger partial charge on any atom is -0.326 e. The Kier molecular flexibility index (Phi) is 9.15. The third-order valence-corrected chi connectivity index (χ3v) is 10.8. The normalized spacial score (nSPS) is 16.6. The molecule has 13 heteroatoms. The van der Waals surface area contributed by atoms with E-state index in [2.05, 4.69) is 10.0 Å². The Hall–Kier alpha value is -2.34. The molecule has 1 fully saturated rings. The minimum atomic E-state index is -3.89. The summed E-state index contributed by atoms with van der Waals surface area (Å²) >= 11 is 18.4. The van der Waals surface area contributed by atoms with Crippen molar-refractivity contribution in [2.24, 2.45) is 5.92 Å².